The molecule has 1 atom stereocenters. The normalized spacial score (nSPS) is 18.6. The summed E-state index contributed by atoms with van der Waals surface area (Å²) in [6, 6.07) is 5.15. The van der Waals surface area contributed by atoms with Gasteiger partial charge in [-0.3, -0.25) is 0 Å². The Hall–Kier alpha value is -0.760. The molecule has 1 fully saturated rings. The second-order valence-electron chi connectivity index (χ2n) is 5.99. The van der Waals surface area contributed by atoms with Crippen LogP contribution in [0.3, 0.4) is 0 Å². The van der Waals surface area contributed by atoms with Crippen LogP contribution in [0.4, 0.5) is 0 Å². The predicted octanol–water partition coefficient (Wildman–Crippen LogP) is 4.35. The SMILES string of the molecule is CCCn1cccc1CNC(CC)C1CCCCC1. The summed E-state index contributed by atoms with van der Waals surface area (Å²) in [5, 5.41) is 3.82. The topological polar surface area (TPSA) is 17.0 Å². The van der Waals surface area contributed by atoms with Gasteiger partial charge in [-0.05, 0) is 43.7 Å². The molecule has 1 aliphatic carbocycles. The molecule has 0 aliphatic heterocycles. The summed E-state index contributed by atoms with van der Waals surface area (Å²) in [5.41, 5.74) is 1.44. The van der Waals surface area contributed by atoms with Crippen molar-refractivity contribution in [2.45, 2.75) is 77.9 Å². The van der Waals surface area contributed by atoms with Crippen LogP contribution in [0.2, 0.25) is 0 Å². The highest BCUT2D eigenvalue weighted by Gasteiger charge is 2.21. The Balaban J connectivity index is 1.86. The minimum absolute atomic E-state index is 0.713. The van der Waals surface area contributed by atoms with E-state index in [1.807, 2.05) is 0 Å². The van der Waals surface area contributed by atoms with Crippen LogP contribution in [0.15, 0.2) is 18.3 Å². The van der Waals surface area contributed by atoms with Gasteiger partial charge in [-0.2, -0.15) is 0 Å². The quantitative estimate of drug-likeness (QED) is 0.773. The average Bonchev–Trinajstić information content (AvgIpc) is 2.89. The molecule has 108 valence electrons. The van der Waals surface area contributed by atoms with E-state index in [4.69, 9.17) is 0 Å². The number of aryl methyl sites for hydroxylation is 1. The molecular weight excluding hydrogens is 232 g/mol. The largest absolute Gasteiger partial charge is 0.350 e. The molecule has 2 heteroatoms. The van der Waals surface area contributed by atoms with Crippen LogP contribution in [-0.4, -0.2) is 10.6 Å². The smallest absolute Gasteiger partial charge is 0.0361 e. The van der Waals surface area contributed by atoms with Crippen LogP contribution >= 0.6 is 0 Å². The van der Waals surface area contributed by atoms with Gasteiger partial charge < -0.3 is 9.88 Å². The van der Waals surface area contributed by atoms with E-state index in [0.717, 1.165) is 19.0 Å². The van der Waals surface area contributed by atoms with Crippen molar-refractivity contribution < 1.29 is 0 Å². The molecule has 0 radical (unpaired) electrons. The van der Waals surface area contributed by atoms with Gasteiger partial charge in [0, 0.05) is 31.0 Å². The lowest BCUT2D eigenvalue weighted by Crippen LogP contribution is -2.36. The van der Waals surface area contributed by atoms with E-state index in [1.165, 1.54) is 50.6 Å². The third-order valence-corrected chi connectivity index (χ3v) is 4.59. The van der Waals surface area contributed by atoms with E-state index in [9.17, 15) is 0 Å². The molecule has 0 bridgehead atoms. The van der Waals surface area contributed by atoms with Gasteiger partial charge in [-0.15, -0.1) is 0 Å². The fourth-order valence-corrected chi connectivity index (χ4v) is 3.49. The van der Waals surface area contributed by atoms with Crippen molar-refractivity contribution in [2.75, 3.05) is 0 Å². The molecule has 0 aromatic carbocycles. The van der Waals surface area contributed by atoms with E-state index in [-0.39, 0.29) is 0 Å². The first-order chi connectivity index (χ1) is 9.35. The molecule has 1 unspecified atom stereocenters. The maximum atomic E-state index is 3.82. The fraction of sp³-hybridized carbons (Fsp3) is 0.765. The zero-order valence-electron chi connectivity index (χ0n) is 12.7. The summed E-state index contributed by atoms with van der Waals surface area (Å²) in [6.07, 6.45) is 11.9. The Morgan fingerprint density at radius 3 is 2.74 bits per heavy atom. The Morgan fingerprint density at radius 1 is 1.26 bits per heavy atom. The minimum atomic E-state index is 0.713. The molecule has 1 aliphatic rings. The predicted molar refractivity (Wildman–Crippen MR) is 82.2 cm³/mol. The second kappa shape index (κ2) is 7.74. The Labute approximate surface area is 118 Å². The molecule has 1 N–H and O–H groups in total. The van der Waals surface area contributed by atoms with Gasteiger partial charge in [0.25, 0.3) is 0 Å². The van der Waals surface area contributed by atoms with Gasteiger partial charge in [0.05, 0.1) is 0 Å². The number of nitrogens with one attached hydrogen (secondary N) is 1. The molecule has 1 aromatic heterocycles. The molecular formula is C17H30N2. The standard InChI is InChI=1S/C17H30N2/c1-3-12-19-13-8-11-16(19)14-18-17(4-2)15-9-6-5-7-10-15/h8,11,13,15,17-18H,3-7,9-10,12,14H2,1-2H3. The highest BCUT2D eigenvalue weighted by Crippen LogP contribution is 2.27. The Kier molecular flexibility index (Phi) is 5.96. The van der Waals surface area contributed by atoms with Crippen molar-refractivity contribution in [1.29, 1.82) is 0 Å². The third kappa shape index (κ3) is 4.10. The van der Waals surface area contributed by atoms with Gasteiger partial charge in [0.2, 0.25) is 0 Å². The van der Waals surface area contributed by atoms with Gasteiger partial charge >= 0.3 is 0 Å². The maximum Gasteiger partial charge on any atom is 0.0361 e. The summed E-state index contributed by atoms with van der Waals surface area (Å²) >= 11 is 0. The number of rotatable bonds is 7. The van der Waals surface area contributed by atoms with Crippen molar-refractivity contribution in [3.8, 4) is 0 Å². The van der Waals surface area contributed by atoms with E-state index < -0.39 is 0 Å². The summed E-state index contributed by atoms with van der Waals surface area (Å²) in [4.78, 5) is 0. The number of aromatic nitrogens is 1. The zero-order chi connectivity index (χ0) is 13.5. The molecule has 1 aromatic rings. The monoisotopic (exact) mass is 262 g/mol. The van der Waals surface area contributed by atoms with E-state index in [1.54, 1.807) is 0 Å². The van der Waals surface area contributed by atoms with Gasteiger partial charge in [0.15, 0.2) is 0 Å². The van der Waals surface area contributed by atoms with Crippen molar-refractivity contribution in [3.63, 3.8) is 0 Å². The summed E-state index contributed by atoms with van der Waals surface area (Å²) in [5.74, 6) is 0.910. The third-order valence-electron chi connectivity index (χ3n) is 4.59. The summed E-state index contributed by atoms with van der Waals surface area (Å²) in [7, 11) is 0. The number of hydrogen-bond donors (Lipinski definition) is 1. The second-order valence-corrected chi connectivity index (χ2v) is 5.99. The van der Waals surface area contributed by atoms with Crippen molar-refractivity contribution in [1.82, 2.24) is 9.88 Å². The Morgan fingerprint density at radius 2 is 2.05 bits per heavy atom. The van der Waals surface area contributed by atoms with Gasteiger partial charge in [-0.25, -0.2) is 0 Å². The van der Waals surface area contributed by atoms with Crippen LogP contribution in [0.25, 0.3) is 0 Å². The number of nitrogens with zero attached hydrogens (tertiary/aromatic N) is 1. The average molecular weight is 262 g/mol. The van der Waals surface area contributed by atoms with Gasteiger partial charge in [-0.1, -0.05) is 33.1 Å². The lowest BCUT2D eigenvalue weighted by molar-refractivity contribution is 0.260. The highest BCUT2D eigenvalue weighted by molar-refractivity contribution is 5.07. The molecule has 1 heterocycles. The molecule has 19 heavy (non-hydrogen) atoms. The van der Waals surface area contributed by atoms with Crippen LogP contribution in [0, 0.1) is 5.92 Å². The molecule has 2 rings (SSSR count). The van der Waals surface area contributed by atoms with Crippen LogP contribution in [-0.2, 0) is 13.1 Å². The van der Waals surface area contributed by atoms with E-state index in [0.29, 0.717) is 6.04 Å². The minimum Gasteiger partial charge on any atom is -0.350 e. The zero-order valence-corrected chi connectivity index (χ0v) is 12.7. The number of hydrogen-bond acceptors (Lipinski definition) is 1. The van der Waals surface area contributed by atoms with E-state index >= 15 is 0 Å². The van der Waals surface area contributed by atoms with Crippen LogP contribution in [0.1, 0.15) is 64.5 Å². The lowest BCUT2D eigenvalue weighted by atomic mass is 9.83. The van der Waals surface area contributed by atoms with Gasteiger partial charge in [0.1, 0.15) is 0 Å². The Bertz CT molecular complexity index is 350. The molecule has 1 saturated carbocycles. The molecule has 0 amide bonds. The first-order valence-electron chi connectivity index (χ1n) is 8.22. The summed E-state index contributed by atoms with van der Waals surface area (Å²) in [6.45, 7) is 6.75. The van der Waals surface area contributed by atoms with E-state index in [2.05, 4.69) is 42.1 Å². The molecule has 2 nitrogen and oxygen atoms in total. The highest BCUT2D eigenvalue weighted by atomic mass is 15.0. The van der Waals surface area contributed by atoms with Crippen LogP contribution in [0.5, 0.6) is 0 Å². The lowest BCUT2D eigenvalue weighted by Gasteiger charge is -2.30. The molecule has 0 saturated heterocycles. The molecule has 0 spiro atoms. The fourth-order valence-electron chi connectivity index (χ4n) is 3.49. The van der Waals surface area contributed by atoms with Crippen molar-refractivity contribution in [3.05, 3.63) is 24.0 Å². The first-order valence-corrected chi connectivity index (χ1v) is 8.22. The first kappa shape index (κ1) is 14.6. The summed E-state index contributed by atoms with van der Waals surface area (Å²) < 4.78 is 2.39. The van der Waals surface area contributed by atoms with Crippen molar-refractivity contribution in [2.24, 2.45) is 5.92 Å². The van der Waals surface area contributed by atoms with Crippen molar-refractivity contribution >= 4 is 0 Å². The maximum absolute atomic E-state index is 3.82. The van der Waals surface area contributed by atoms with Crippen LogP contribution < -0.4 is 5.32 Å².